The number of rotatable bonds is 5. The van der Waals surface area contributed by atoms with E-state index in [0.29, 0.717) is 18.8 Å². The van der Waals surface area contributed by atoms with Crippen molar-refractivity contribution >= 4 is 22.6 Å². The van der Waals surface area contributed by atoms with Gasteiger partial charge in [-0.25, -0.2) is 0 Å². The monoisotopic (exact) mass is 296 g/mol. The first-order chi connectivity index (χ1) is 6.31. The Morgan fingerprint density at radius 3 is 2.77 bits per heavy atom. The lowest BCUT2D eigenvalue weighted by molar-refractivity contribution is -0.0700. The Morgan fingerprint density at radius 2 is 2.31 bits per heavy atom. The SMILES string of the molecule is C=C[C@@H]1C[C@H](OCOC)C[C@H]1CI. The summed E-state index contributed by atoms with van der Waals surface area (Å²) < 4.78 is 11.6. The molecule has 0 unspecified atom stereocenters. The summed E-state index contributed by atoms with van der Waals surface area (Å²) in [7, 11) is 1.66. The van der Waals surface area contributed by atoms with E-state index in [4.69, 9.17) is 9.47 Å². The number of hydrogen-bond acceptors (Lipinski definition) is 2. The van der Waals surface area contributed by atoms with Gasteiger partial charge in [0, 0.05) is 11.5 Å². The first kappa shape index (κ1) is 11.5. The Bertz CT molecular complexity index is 161. The predicted molar refractivity (Wildman–Crippen MR) is 62.0 cm³/mol. The van der Waals surface area contributed by atoms with E-state index in [1.807, 2.05) is 0 Å². The summed E-state index contributed by atoms with van der Waals surface area (Å²) in [4.78, 5) is 0. The summed E-state index contributed by atoms with van der Waals surface area (Å²) >= 11 is 2.44. The van der Waals surface area contributed by atoms with Gasteiger partial charge in [0.2, 0.25) is 0 Å². The molecule has 0 N–H and O–H groups in total. The van der Waals surface area contributed by atoms with Crippen LogP contribution in [0.4, 0.5) is 0 Å². The largest absolute Gasteiger partial charge is 0.359 e. The van der Waals surface area contributed by atoms with Crippen molar-refractivity contribution in [3.05, 3.63) is 12.7 Å². The zero-order valence-corrected chi connectivity index (χ0v) is 10.2. The second-order valence-corrected chi connectivity index (χ2v) is 4.36. The molecule has 3 atom stereocenters. The summed E-state index contributed by atoms with van der Waals surface area (Å²) in [6.45, 7) is 4.28. The highest BCUT2D eigenvalue weighted by molar-refractivity contribution is 14.1. The molecule has 0 bridgehead atoms. The van der Waals surface area contributed by atoms with E-state index in [1.54, 1.807) is 7.11 Å². The van der Waals surface area contributed by atoms with Crippen LogP contribution in [0.2, 0.25) is 0 Å². The fourth-order valence-electron chi connectivity index (χ4n) is 1.87. The van der Waals surface area contributed by atoms with Crippen LogP contribution in [0, 0.1) is 11.8 Å². The summed E-state index contributed by atoms with van der Waals surface area (Å²) in [6, 6.07) is 0. The van der Waals surface area contributed by atoms with E-state index in [0.717, 1.165) is 18.8 Å². The molecule has 1 saturated carbocycles. The molecule has 3 heteroatoms. The van der Waals surface area contributed by atoms with E-state index in [-0.39, 0.29) is 0 Å². The Balaban J connectivity index is 2.34. The van der Waals surface area contributed by atoms with Crippen LogP contribution in [0.5, 0.6) is 0 Å². The third-order valence-corrected chi connectivity index (χ3v) is 3.76. The number of alkyl halides is 1. The van der Waals surface area contributed by atoms with Crippen LogP contribution in [0.3, 0.4) is 0 Å². The van der Waals surface area contributed by atoms with E-state index in [1.165, 1.54) is 4.43 Å². The van der Waals surface area contributed by atoms with Gasteiger partial charge in [-0.15, -0.1) is 6.58 Å². The van der Waals surface area contributed by atoms with Gasteiger partial charge in [-0.05, 0) is 24.7 Å². The zero-order valence-electron chi connectivity index (χ0n) is 8.04. The summed E-state index contributed by atoms with van der Waals surface area (Å²) in [5, 5.41) is 0. The molecular weight excluding hydrogens is 279 g/mol. The molecule has 1 aliphatic rings. The molecule has 2 nitrogen and oxygen atoms in total. The molecule has 76 valence electrons. The van der Waals surface area contributed by atoms with Gasteiger partial charge in [0.15, 0.2) is 0 Å². The van der Waals surface area contributed by atoms with Crippen molar-refractivity contribution in [3.63, 3.8) is 0 Å². The molecule has 0 radical (unpaired) electrons. The molecule has 0 spiro atoms. The van der Waals surface area contributed by atoms with Crippen molar-refractivity contribution in [1.29, 1.82) is 0 Å². The summed E-state index contributed by atoms with van der Waals surface area (Å²) in [6.07, 6.45) is 4.71. The van der Waals surface area contributed by atoms with E-state index >= 15 is 0 Å². The number of halogens is 1. The van der Waals surface area contributed by atoms with Crippen LogP contribution in [-0.2, 0) is 9.47 Å². The first-order valence-corrected chi connectivity index (χ1v) is 6.13. The van der Waals surface area contributed by atoms with Crippen LogP contribution in [0.15, 0.2) is 12.7 Å². The molecular formula is C10H17IO2. The van der Waals surface area contributed by atoms with Gasteiger partial charge in [0.25, 0.3) is 0 Å². The zero-order chi connectivity index (χ0) is 9.68. The lowest BCUT2D eigenvalue weighted by atomic mass is 9.99. The van der Waals surface area contributed by atoms with Crippen LogP contribution < -0.4 is 0 Å². The average molecular weight is 296 g/mol. The summed E-state index contributed by atoms with van der Waals surface area (Å²) in [5.74, 6) is 1.39. The first-order valence-electron chi connectivity index (χ1n) is 4.60. The Kier molecular flexibility index (Phi) is 5.28. The van der Waals surface area contributed by atoms with Gasteiger partial charge < -0.3 is 9.47 Å². The van der Waals surface area contributed by atoms with E-state index in [2.05, 4.69) is 35.2 Å². The Hall–Kier alpha value is 0.390. The molecule has 0 amide bonds. The topological polar surface area (TPSA) is 18.5 Å². The maximum atomic E-state index is 5.54. The molecule has 13 heavy (non-hydrogen) atoms. The Labute approximate surface area is 93.8 Å². The van der Waals surface area contributed by atoms with Crippen LogP contribution in [0.1, 0.15) is 12.8 Å². The van der Waals surface area contributed by atoms with Gasteiger partial charge in [-0.2, -0.15) is 0 Å². The van der Waals surface area contributed by atoms with Crippen molar-refractivity contribution < 1.29 is 9.47 Å². The number of methoxy groups -OCH3 is 1. The molecule has 1 fully saturated rings. The van der Waals surface area contributed by atoms with Crippen molar-refractivity contribution in [1.82, 2.24) is 0 Å². The minimum atomic E-state index is 0.378. The van der Waals surface area contributed by atoms with E-state index in [9.17, 15) is 0 Å². The van der Waals surface area contributed by atoms with Gasteiger partial charge in [-0.3, -0.25) is 0 Å². The smallest absolute Gasteiger partial charge is 0.146 e. The highest BCUT2D eigenvalue weighted by Crippen LogP contribution is 2.35. The lowest BCUT2D eigenvalue weighted by Crippen LogP contribution is -2.10. The minimum absolute atomic E-state index is 0.378. The third-order valence-electron chi connectivity index (χ3n) is 2.63. The summed E-state index contributed by atoms with van der Waals surface area (Å²) in [5.41, 5.74) is 0. The molecule has 0 saturated heterocycles. The molecule has 1 rings (SSSR count). The van der Waals surface area contributed by atoms with Gasteiger partial charge in [0.05, 0.1) is 6.10 Å². The van der Waals surface area contributed by atoms with Crippen molar-refractivity contribution in [3.8, 4) is 0 Å². The van der Waals surface area contributed by atoms with Crippen LogP contribution >= 0.6 is 22.6 Å². The van der Waals surface area contributed by atoms with Crippen LogP contribution in [0.25, 0.3) is 0 Å². The highest BCUT2D eigenvalue weighted by Gasteiger charge is 2.31. The Morgan fingerprint density at radius 1 is 1.54 bits per heavy atom. The van der Waals surface area contributed by atoms with Crippen molar-refractivity contribution in [2.45, 2.75) is 18.9 Å². The number of allylic oxidation sites excluding steroid dienone is 1. The molecule has 0 aromatic carbocycles. The van der Waals surface area contributed by atoms with Gasteiger partial charge in [-0.1, -0.05) is 28.7 Å². The maximum Gasteiger partial charge on any atom is 0.146 e. The molecule has 0 heterocycles. The second kappa shape index (κ2) is 5.98. The highest BCUT2D eigenvalue weighted by atomic mass is 127. The normalized spacial score (nSPS) is 33.5. The molecule has 0 aromatic rings. The standard InChI is InChI=1S/C10H17IO2/c1-3-8-4-10(13-7-12-2)5-9(8)6-11/h3,8-10H,1,4-7H2,2H3/t8-,9+,10+/m1/s1. The quantitative estimate of drug-likeness (QED) is 0.336. The number of hydrogen-bond donors (Lipinski definition) is 0. The fourth-order valence-corrected chi connectivity index (χ4v) is 2.88. The number of ether oxygens (including phenoxy) is 2. The molecule has 0 aliphatic heterocycles. The van der Waals surface area contributed by atoms with E-state index < -0.39 is 0 Å². The third kappa shape index (κ3) is 3.22. The molecule has 1 aliphatic carbocycles. The van der Waals surface area contributed by atoms with Crippen LogP contribution in [-0.4, -0.2) is 24.4 Å². The average Bonchev–Trinajstić information content (AvgIpc) is 2.57. The second-order valence-electron chi connectivity index (χ2n) is 3.48. The van der Waals surface area contributed by atoms with Gasteiger partial charge >= 0.3 is 0 Å². The fraction of sp³-hybridized carbons (Fsp3) is 0.800. The van der Waals surface area contributed by atoms with Crippen molar-refractivity contribution in [2.75, 3.05) is 18.3 Å². The minimum Gasteiger partial charge on any atom is -0.359 e. The lowest BCUT2D eigenvalue weighted by Gasteiger charge is -2.10. The van der Waals surface area contributed by atoms with Gasteiger partial charge in [0.1, 0.15) is 6.79 Å². The predicted octanol–water partition coefficient (Wildman–Crippen LogP) is 2.62. The van der Waals surface area contributed by atoms with Crippen molar-refractivity contribution in [2.24, 2.45) is 11.8 Å². The molecule has 0 aromatic heterocycles. The maximum absolute atomic E-state index is 5.54.